The van der Waals surface area contributed by atoms with E-state index in [1.165, 1.54) is 6.42 Å². The van der Waals surface area contributed by atoms with E-state index in [0.717, 1.165) is 37.6 Å². The van der Waals surface area contributed by atoms with Gasteiger partial charge in [-0.1, -0.05) is 5.16 Å². The zero-order valence-corrected chi connectivity index (χ0v) is 8.57. The molecule has 1 unspecified atom stereocenters. The van der Waals surface area contributed by atoms with Gasteiger partial charge in [0.1, 0.15) is 0 Å². The molecule has 1 aliphatic heterocycles. The maximum Gasteiger partial charge on any atom is 0.150 e. The van der Waals surface area contributed by atoms with Crippen molar-refractivity contribution in [1.82, 2.24) is 10.1 Å². The van der Waals surface area contributed by atoms with Gasteiger partial charge in [0.15, 0.2) is 5.76 Å². The fraction of sp³-hybridized carbons (Fsp3) is 0.700. The molecule has 14 heavy (non-hydrogen) atoms. The van der Waals surface area contributed by atoms with Gasteiger partial charge in [0.05, 0.1) is 12.2 Å². The molecule has 4 heteroatoms. The van der Waals surface area contributed by atoms with Gasteiger partial charge in [-0.3, -0.25) is 4.90 Å². The van der Waals surface area contributed by atoms with Gasteiger partial charge in [-0.25, -0.2) is 0 Å². The average molecular weight is 195 g/mol. The fourth-order valence-corrected chi connectivity index (χ4v) is 1.96. The van der Waals surface area contributed by atoms with Crippen molar-refractivity contribution in [2.45, 2.75) is 19.9 Å². The van der Waals surface area contributed by atoms with E-state index in [1.54, 1.807) is 0 Å². The Bertz CT molecular complexity index is 297. The van der Waals surface area contributed by atoms with Gasteiger partial charge >= 0.3 is 0 Å². The summed E-state index contributed by atoms with van der Waals surface area (Å²) in [4.78, 5) is 2.37. The van der Waals surface area contributed by atoms with Crippen LogP contribution in [0.15, 0.2) is 10.6 Å². The molecule has 0 radical (unpaired) electrons. The van der Waals surface area contributed by atoms with Gasteiger partial charge in [-0.15, -0.1) is 0 Å². The molecule has 1 saturated heterocycles. The highest BCUT2D eigenvalue weighted by Gasteiger charge is 2.21. The normalized spacial score (nSPS) is 23.1. The van der Waals surface area contributed by atoms with E-state index in [-0.39, 0.29) is 0 Å². The van der Waals surface area contributed by atoms with Crippen molar-refractivity contribution in [3.63, 3.8) is 0 Å². The van der Waals surface area contributed by atoms with Crippen LogP contribution in [0, 0.1) is 12.8 Å². The number of rotatable bonds is 3. The largest absolute Gasteiger partial charge is 0.360 e. The predicted molar refractivity (Wildman–Crippen MR) is 53.7 cm³/mol. The molecule has 2 N–H and O–H groups in total. The molecule has 1 aromatic heterocycles. The minimum absolute atomic E-state index is 0.666. The van der Waals surface area contributed by atoms with Crippen LogP contribution in [0.3, 0.4) is 0 Å². The van der Waals surface area contributed by atoms with Crippen LogP contribution in [0.4, 0.5) is 0 Å². The number of aryl methyl sites for hydroxylation is 1. The second-order valence-corrected chi connectivity index (χ2v) is 4.06. The lowest BCUT2D eigenvalue weighted by atomic mass is 10.1. The van der Waals surface area contributed by atoms with Gasteiger partial charge in [-0.05, 0) is 32.4 Å². The van der Waals surface area contributed by atoms with Crippen molar-refractivity contribution in [3.8, 4) is 0 Å². The minimum atomic E-state index is 0.666. The summed E-state index contributed by atoms with van der Waals surface area (Å²) in [6, 6.07) is 2.00. The summed E-state index contributed by atoms with van der Waals surface area (Å²) in [6.07, 6.45) is 1.21. The first-order valence-corrected chi connectivity index (χ1v) is 5.12. The number of likely N-dealkylation sites (tertiary alicyclic amines) is 1. The molecule has 78 valence electrons. The van der Waals surface area contributed by atoms with Crippen LogP contribution in [-0.4, -0.2) is 29.7 Å². The Morgan fingerprint density at radius 3 is 3.14 bits per heavy atom. The summed E-state index contributed by atoms with van der Waals surface area (Å²) >= 11 is 0. The van der Waals surface area contributed by atoms with Crippen LogP contribution < -0.4 is 5.73 Å². The van der Waals surface area contributed by atoms with Crippen LogP contribution in [0.2, 0.25) is 0 Å². The van der Waals surface area contributed by atoms with Crippen LogP contribution in [-0.2, 0) is 6.54 Å². The maximum atomic E-state index is 5.63. The molecular formula is C10H17N3O. The molecule has 1 aromatic rings. The number of nitrogens with zero attached hydrogens (tertiary/aromatic N) is 2. The van der Waals surface area contributed by atoms with Crippen LogP contribution in [0.1, 0.15) is 17.9 Å². The van der Waals surface area contributed by atoms with Gasteiger partial charge in [-0.2, -0.15) is 0 Å². The highest BCUT2D eigenvalue weighted by molar-refractivity contribution is 5.03. The zero-order valence-electron chi connectivity index (χ0n) is 8.57. The Labute approximate surface area is 84.0 Å². The number of hydrogen-bond donors (Lipinski definition) is 1. The molecule has 1 fully saturated rings. The van der Waals surface area contributed by atoms with Gasteiger partial charge < -0.3 is 10.3 Å². The first kappa shape index (κ1) is 9.68. The Balaban J connectivity index is 1.87. The summed E-state index contributed by atoms with van der Waals surface area (Å²) < 4.78 is 5.17. The van der Waals surface area contributed by atoms with Crippen LogP contribution in [0.5, 0.6) is 0 Å². The Kier molecular flexibility index (Phi) is 2.84. The zero-order chi connectivity index (χ0) is 9.97. The van der Waals surface area contributed by atoms with Crippen molar-refractivity contribution in [2.75, 3.05) is 19.6 Å². The molecule has 0 bridgehead atoms. The standard InChI is InChI=1S/C10H17N3O/c1-8-4-10(14-12-8)7-13-3-2-9(5-11)6-13/h4,9H,2-3,5-7,11H2,1H3. The molecule has 2 rings (SSSR count). The molecule has 0 amide bonds. The monoisotopic (exact) mass is 195 g/mol. The molecule has 1 atom stereocenters. The summed E-state index contributed by atoms with van der Waals surface area (Å²) in [6.45, 7) is 5.83. The highest BCUT2D eigenvalue weighted by Crippen LogP contribution is 2.17. The molecular weight excluding hydrogens is 178 g/mol. The van der Waals surface area contributed by atoms with Gasteiger partial charge in [0.25, 0.3) is 0 Å². The Morgan fingerprint density at radius 2 is 2.57 bits per heavy atom. The number of aromatic nitrogens is 1. The van der Waals surface area contributed by atoms with Crippen LogP contribution in [0.25, 0.3) is 0 Å². The second kappa shape index (κ2) is 4.11. The van der Waals surface area contributed by atoms with Crippen molar-refractivity contribution in [3.05, 3.63) is 17.5 Å². The van der Waals surface area contributed by atoms with E-state index in [2.05, 4.69) is 10.1 Å². The first-order chi connectivity index (χ1) is 6.78. The van der Waals surface area contributed by atoms with E-state index in [9.17, 15) is 0 Å². The topological polar surface area (TPSA) is 55.3 Å². The van der Waals surface area contributed by atoms with Crippen LogP contribution >= 0.6 is 0 Å². The SMILES string of the molecule is Cc1cc(CN2CCC(CN)C2)on1. The lowest BCUT2D eigenvalue weighted by molar-refractivity contribution is 0.266. The summed E-state index contributed by atoms with van der Waals surface area (Å²) in [5, 5.41) is 3.87. The third-order valence-corrected chi connectivity index (χ3v) is 2.76. The summed E-state index contributed by atoms with van der Waals surface area (Å²) in [5.41, 5.74) is 6.58. The Morgan fingerprint density at radius 1 is 1.71 bits per heavy atom. The minimum Gasteiger partial charge on any atom is -0.360 e. The predicted octanol–water partition coefficient (Wildman–Crippen LogP) is 0.764. The quantitative estimate of drug-likeness (QED) is 0.773. The third kappa shape index (κ3) is 2.13. The van der Waals surface area contributed by atoms with Crippen molar-refractivity contribution >= 4 is 0 Å². The highest BCUT2D eigenvalue weighted by atomic mass is 16.5. The summed E-state index contributed by atoms with van der Waals surface area (Å²) in [5.74, 6) is 1.62. The van der Waals surface area contributed by atoms with Gasteiger partial charge in [0, 0.05) is 12.6 Å². The van der Waals surface area contributed by atoms with E-state index in [4.69, 9.17) is 10.3 Å². The second-order valence-electron chi connectivity index (χ2n) is 4.06. The molecule has 0 aliphatic carbocycles. The maximum absolute atomic E-state index is 5.63. The first-order valence-electron chi connectivity index (χ1n) is 5.12. The van der Waals surface area contributed by atoms with E-state index in [1.807, 2.05) is 13.0 Å². The van der Waals surface area contributed by atoms with E-state index < -0.39 is 0 Å². The fourth-order valence-electron chi connectivity index (χ4n) is 1.96. The van der Waals surface area contributed by atoms with E-state index in [0.29, 0.717) is 5.92 Å². The molecule has 0 spiro atoms. The van der Waals surface area contributed by atoms with Crippen molar-refractivity contribution in [1.29, 1.82) is 0 Å². The number of hydrogen-bond acceptors (Lipinski definition) is 4. The van der Waals surface area contributed by atoms with Gasteiger partial charge in [0.2, 0.25) is 0 Å². The third-order valence-electron chi connectivity index (χ3n) is 2.76. The van der Waals surface area contributed by atoms with Crippen molar-refractivity contribution in [2.24, 2.45) is 11.7 Å². The summed E-state index contributed by atoms with van der Waals surface area (Å²) in [7, 11) is 0. The Hall–Kier alpha value is -0.870. The molecule has 1 aliphatic rings. The number of nitrogens with two attached hydrogens (primary N) is 1. The average Bonchev–Trinajstić information content (AvgIpc) is 2.76. The molecule has 0 saturated carbocycles. The van der Waals surface area contributed by atoms with E-state index >= 15 is 0 Å². The molecule has 4 nitrogen and oxygen atoms in total. The smallest absolute Gasteiger partial charge is 0.150 e. The molecule has 0 aromatic carbocycles. The molecule has 2 heterocycles. The lowest BCUT2D eigenvalue weighted by Gasteiger charge is -2.12. The van der Waals surface area contributed by atoms with Crippen molar-refractivity contribution < 1.29 is 4.52 Å². The lowest BCUT2D eigenvalue weighted by Crippen LogP contribution is -2.22.